The van der Waals surface area contributed by atoms with Crippen LogP contribution in [0.3, 0.4) is 0 Å². The van der Waals surface area contributed by atoms with Gasteiger partial charge in [0.25, 0.3) is 5.56 Å². The second-order valence-electron chi connectivity index (χ2n) is 3.64. The van der Waals surface area contributed by atoms with E-state index in [1.807, 2.05) is 6.92 Å². The average molecular weight is 287 g/mol. The average Bonchev–Trinajstić information content (AvgIpc) is 2.74. The Morgan fingerprint density at radius 2 is 2.22 bits per heavy atom. The van der Waals surface area contributed by atoms with E-state index in [0.717, 1.165) is 11.3 Å². The summed E-state index contributed by atoms with van der Waals surface area (Å²) in [7, 11) is 0. The Balaban J connectivity index is 2.70. The predicted octanol–water partition coefficient (Wildman–Crippen LogP) is 0.145. The topological polar surface area (TPSA) is 91.1 Å². The Morgan fingerprint density at radius 3 is 2.78 bits per heavy atom. The summed E-state index contributed by atoms with van der Waals surface area (Å²) < 4.78 is 13.3. The van der Waals surface area contributed by atoms with E-state index >= 15 is 0 Å². The summed E-state index contributed by atoms with van der Waals surface area (Å²) in [4.78, 5) is 21.1. The lowest BCUT2D eigenvalue weighted by atomic mass is 10.4. The molecule has 2 heterocycles. The second-order valence-corrected chi connectivity index (χ2v) is 6.17. The fourth-order valence-corrected chi connectivity index (χ4v) is 3.28. The molecule has 0 aliphatic carbocycles. The first-order chi connectivity index (χ1) is 8.58. The van der Waals surface area contributed by atoms with Gasteiger partial charge in [0.05, 0.1) is 6.61 Å². The third-order valence-corrected chi connectivity index (χ3v) is 4.76. The number of aromatic nitrogens is 3. The minimum Gasteiger partial charge on any atom is -0.610 e. The van der Waals surface area contributed by atoms with Crippen molar-refractivity contribution < 1.29 is 9.66 Å². The third kappa shape index (κ3) is 2.28. The fraction of sp³-hybridized carbons (Fsp3) is 0.500. The van der Waals surface area contributed by atoms with Crippen LogP contribution in [0.1, 0.15) is 12.7 Å². The minimum absolute atomic E-state index is 0.0662. The zero-order chi connectivity index (χ0) is 13.3. The molecule has 6 nitrogen and oxygen atoms in total. The van der Waals surface area contributed by atoms with Crippen LogP contribution in [0.2, 0.25) is 0 Å². The lowest BCUT2D eigenvalue weighted by Crippen LogP contribution is -2.25. The van der Waals surface area contributed by atoms with Crippen molar-refractivity contribution in [2.45, 2.75) is 24.2 Å². The van der Waals surface area contributed by atoms with Crippen LogP contribution in [0.5, 0.6) is 0 Å². The van der Waals surface area contributed by atoms with E-state index in [1.165, 1.54) is 10.8 Å². The van der Waals surface area contributed by atoms with Crippen LogP contribution in [0.4, 0.5) is 0 Å². The first-order valence-electron chi connectivity index (χ1n) is 5.43. The molecule has 2 rings (SSSR count). The first-order valence-corrected chi connectivity index (χ1v) is 7.80. The third-order valence-electron chi connectivity index (χ3n) is 2.48. The summed E-state index contributed by atoms with van der Waals surface area (Å²) in [5.74, 6) is 0.537. The van der Waals surface area contributed by atoms with Gasteiger partial charge in [0.15, 0.2) is 10.3 Å². The van der Waals surface area contributed by atoms with Crippen molar-refractivity contribution in [3.63, 3.8) is 0 Å². The summed E-state index contributed by atoms with van der Waals surface area (Å²) in [5.41, 5.74) is 0.0210. The monoisotopic (exact) mass is 287 g/mol. The Kier molecular flexibility index (Phi) is 4.00. The maximum Gasteiger partial charge on any atom is 0.304 e. The van der Waals surface area contributed by atoms with Gasteiger partial charge >= 0.3 is 4.34 Å². The van der Waals surface area contributed by atoms with Crippen molar-refractivity contribution in [1.82, 2.24) is 14.5 Å². The highest BCUT2D eigenvalue weighted by Crippen LogP contribution is 2.21. The van der Waals surface area contributed by atoms with E-state index < -0.39 is 11.2 Å². The van der Waals surface area contributed by atoms with Crippen molar-refractivity contribution in [2.75, 3.05) is 12.9 Å². The molecule has 0 aliphatic heterocycles. The molecule has 0 spiro atoms. The van der Waals surface area contributed by atoms with Gasteiger partial charge in [-0.2, -0.15) is 4.98 Å². The zero-order valence-electron chi connectivity index (χ0n) is 10.0. The van der Waals surface area contributed by atoms with Crippen LogP contribution >= 0.6 is 11.3 Å². The molecule has 0 aromatic carbocycles. The molecule has 98 valence electrons. The standard InChI is InChI=1S/C10H13N3O3S2/c1-3-13-6(4-5-14)11-8-7(9(13)15)12-10(17-8)18(2)16/h14H,3-5H2,1-2H3. The van der Waals surface area contributed by atoms with Crippen LogP contribution in [0, 0.1) is 0 Å². The summed E-state index contributed by atoms with van der Waals surface area (Å²) in [6.45, 7) is 2.24. The molecule has 0 amide bonds. The van der Waals surface area contributed by atoms with Gasteiger partial charge in [-0.25, -0.2) is 4.98 Å². The Labute approximate surface area is 110 Å². The molecule has 0 saturated heterocycles. The molecule has 0 aliphatic rings. The highest BCUT2D eigenvalue weighted by molar-refractivity contribution is 7.92. The van der Waals surface area contributed by atoms with Gasteiger partial charge in [-0.3, -0.25) is 9.36 Å². The van der Waals surface area contributed by atoms with E-state index in [0.29, 0.717) is 28.0 Å². The Morgan fingerprint density at radius 1 is 1.50 bits per heavy atom. The Bertz CT molecular complexity index is 621. The van der Waals surface area contributed by atoms with Gasteiger partial charge in [-0.1, -0.05) is 0 Å². The van der Waals surface area contributed by atoms with Crippen LogP contribution in [-0.4, -0.2) is 37.1 Å². The van der Waals surface area contributed by atoms with Crippen molar-refractivity contribution in [3.05, 3.63) is 16.2 Å². The van der Waals surface area contributed by atoms with E-state index in [-0.39, 0.29) is 17.7 Å². The predicted molar refractivity (Wildman–Crippen MR) is 70.5 cm³/mol. The molecule has 1 N–H and O–H groups in total. The van der Waals surface area contributed by atoms with Gasteiger partial charge in [0.2, 0.25) is 0 Å². The van der Waals surface area contributed by atoms with Gasteiger partial charge in [0, 0.05) is 24.1 Å². The van der Waals surface area contributed by atoms with Crippen LogP contribution in [-0.2, 0) is 24.1 Å². The van der Waals surface area contributed by atoms with Crippen molar-refractivity contribution in [2.24, 2.45) is 0 Å². The molecule has 0 saturated carbocycles. The maximum atomic E-state index is 12.2. The van der Waals surface area contributed by atoms with Crippen molar-refractivity contribution in [3.8, 4) is 0 Å². The molecular formula is C10H13N3O3S2. The number of rotatable bonds is 4. The molecule has 1 atom stereocenters. The highest BCUT2D eigenvalue weighted by Gasteiger charge is 2.18. The summed E-state index contributed by atoms with van der Waals surface area (Å²) in [6.07, 6.45) is 1.84. The van der Waals surface area contributed by atoms with Crippen molar-refractivity contribution >= 4 is 32.9 Å². The minimum atomic E-state index is -1.22. The molecule has 18 heavy (non-hydrogen) atoms. The van der Waals surface area contributed by atoms with Gasteiger partial charge in [-0.15, -0.1) is 0 Å². The lowest BCUT2D eigenvalue weighted by Gasteiger charge is -2.07. The van der Waals surface area contributed by atoms with Gasteiger partial charge < -0.3 is 9.66 Å². The fourth-order valence-electron chi connectivity index (χ4n) is 1.67. The summed E-state index contributed by atoms with van der Waals surface area (Å²) >= 11 is -0.0575. The molecule has 8 heteroatoms. The number of fused-ring (bicyclic) bond motifs is 1. The number of nitrogens with zero attached hydrogens (tertiary/aromatic N) is 3. The molecule has 2 aromatic rings. The normalized spacial score (nSPS) is 13.1. The molecule has 2 aromatic heterocycles. The first kappa shape index (κ1) is 13.5. The molecule has 0 radical (unpaired) electrons. The summed E-state index contributed by atoms with van der Waals surface area (Å²) in [5, 5.41) is 8.98. The van der Waals surface area contributed by atoms with Crippen LogP contribution in [0.25, 0.3) is 10.3 Å². The largest absolute Gasteiger partial charge is 0.610 e. The number of hydrogen-bond donors (Lipinski definition) is 1. The van der Waals surface area contributed by atoms with Gasteiger partial charge in [-0.05, 0) is 18.3 Å². The van der Waals surface area contributed by atoms with Crippen LogP contribution < -0.4 is 5.56 Å². The van der Waals surface area contributed by atoms with Crippen LogP contribution in [0.15, 0.2) is 9.13 Å². The molecule has 0 bridgehead atoms. The smallest absolute Gasteiger partial charge is 0.304 e. The molecule has 0 fully saturated rings. The maximum absolute atomic E-state index is 12.2. The number of aliphatic hydroxyl groups excluding tert-OH is 1. The van der Waals surface area contributed by atoms with Crippen molar-refractivity contribution in [1.29, 1.82) is 0 Å². The number of thiazole rings is 1. The van der Waals surface area contributed by atoms with E-state index in [2.05, 4.69) is 9.97 Å². The summed E-state index contributed by atoms with van der Waals surface area (Å²) in [6, 6.07) is 0. The van der Waals surface area contributed by atoms with E-state index in [4.69, 9.17) is 5.11 Å². The quantitative estimate of drug-likeness (QED) is 0.808. The molecular weight excluding hydrogens is 274 g/mol. The Hall–Kier alpha value is -0.960. The number of hydrogen-bond acceptors (Lipinski definition) is 6. The number of aliphatic hydroxyl groups is 1. The second kappa shape index (κ2) is 5.35. The lowest BCUT2D eigenvalue weighted by molar-refractivity contribution is 0.294. The van der Waals surface area contributed by atoms with Gasteiger partial charge in [0.1, 0.15) is 12.1 Å². The SMILES string of the molecule is CCn1c(CCO)nc2sc([S+](C)[O-])nc2c1=O. The van der Waals surface area contributed by atoms with E-state index in [1.54, 1.807) is 0 Å². The zero-order valence-corrected chi connectivity index (χ0v) is 11.7. The molecule has 1 unspecified atom stereocenters. The van der Waals surface area contributed by atoms with E-state index in [9.17, 15) is 9.35 Å². The highest BCUT2D eigenvalue weighted by atomic mass is 32.2.